The first-order chi connectivity index (χ1) is 12.6. The number of benzene rings is 2. The van der Waals surface area contributed by atoms with E-state index in [1.165, 1.54) is 24.0 Å². The second kappa shape index (κ2) is 8.75. The van der Waals surface area contributed by atoms with Crippen LogP contribution in [0.15, 0.2) is 48.5 Å². The van der Waals surface area contributed by atoms with Crippen molar-refractivity contribution in [1.82, 2.24) is 5.32 Å². The third-order valence-electron chi connectivity index (χ3n) is 4.97. The molecule has 0 saturated carbocycles. The monoisotopic (exact) mass is 352 g/mol. The summed E-state index contributed by atoms with van der Waals surface area (Å²) in [4.78, 5) is 14.5. The van der Waals surface area contributed by atoms with Crippen molar-refractivity contribution in [2.75, 3.05) is 25.0 Å². The zero-order valence-electron chi connectivity index (χ0n) is 15.7. The van der Waals surface area contributed by atoms with E-state index in [0.717, 1.165) is 30.8 Å². The summed E-state index contributed by atoms with van der Waals surface area (Å²) in [5.41, 5.74) is 3.79. The Morgan fingerprint density at radius 2 is 1.88 bits per heavy atom. The number of anilines is 1. The molecule has 1 atom stereocenters. The molecular weight excluding hydrogens is 324 g/mol. The van der Waals surface area contributed by atoms with E-state index in [2.05, 4.69) is 28.4 Å². The van der Waals surface area contributed by atoms with Crippen molar-refractivity contribution < 1.29 is 9.53 Å². The first kappa shape index (κ1) is 18.3. The molecule has 2 aromatic rings. The third-order valence-corrected chi connectivity index (χ3v) is 4.97. The van der Waals surface area contributed by atoms with Gasteiger partial charge >= 0.3 is 0 Å². The highest BCUT2D eigenvalue weighted by molar-refractivity contribution is 5.80. The molecule has 2 aromatic carbocycles. The minimum Gasteiger partial charge on any atom is -0.481 e. The lowest BCUT2D eigenvalue weighted by Gasteiger charge is -2.23. The lowest BCUT2D eigenvalue weighted by Crippen LogP contribution is -2.40. The van der Waals surface area contributed by atoms with E-state index < -0.39 is 6.10 Å². The number of nitrogens with one attached hydrogen (secondary N) is 1. The number of amides is 1. The van der Waals surface area contributed by atoms with Crippen LogP contribution >= 0.6 is 0 Å². The van der Waals surface area contributed by atoms with E-state index in [-0.39, 0.29) is 5.91 Å². The number of aryl methyl sites for hydroxylation is 1. The topological polar surface area (TPSA) is 41.6 Å². The molecule has 3 rings (SSSR count). The van der Waals surface area contributed by atoms with Gasteiger partial charge in [0.15, 0.2) is 6.10 Å². The maximum atomic E-state index is 12.4. The maximum absolute atomic E-state index is 12.4. The number of hydrogen-bond donors (Lipinski definition) is 1. The molecule has 0 aliphatic heterocycles. The van der Waals surface area contributed by atoms with Crippen molar-refractivity contribution in [3.05, 3.63) is 59.7 Å². The van der Waals surface area contributed by atoms with Crippen molar-refractivity contribution in [3.8, 4) is 5.75 Å². The Morgan fingerprint density at radius 1 is 1.12 bits per heavy atom. The van der Waals surface area contributed by atoms with Gasteiger partial charge in [-0.3, -0.25) is 4.79 Å². The van der Waals surface area contributed by atoms with Crippen LogP contribution in [0.25, 0.3) is 0 Å². The second-order valence-electron chi connectivity index (χ2n) is 6.91. The highest BCUT2D eigenvalue weighted by atomic mass is 16.5. The molecule has 0 saturated heterocycles. The van der Waals surface area contributed by atoms with Crippen LogP contribution in [0.2, 0.25) is 0 Å². The summed E-state index contributed by atoms with van der Waals surface area (Å²) in [6.07, 6.45) is 4.09. The smallest absolute Gasteiger partial charge is 0.260 e. The average molecular weight is 352 g/mol. The van der Waals surface area contributed by atoms with Gasteiger partial charge in [0.1, 0.15) is 5.75 Å². The standard InChI is InChI=1S/C22H28N2O2/c1-17(26-21-14-8-10-18-9-6-7-13-20(18)21)22(25)23-15-16-24(2)19-11-4-3-5-12-19/h3-5,8,10-12,14,17H,6-7,9,13,15-16H2,1-2H3,(H,23,25)/t17-/m1/s1. The van der Waals surface area contributed by atoms with Crippen LogP contribution in [-0.4, -0.2) is 32.1 Å². The third kappa shape index (κ3) is 4.57. The number of hydrogen-bond acceptors (Lipinski definition) is 3. The van der Waals surface area contributed by atoms with Crippen LogP contribution in [0.1, 0.15) is 30.9 Å². The predicted molar refractivity (Wildman–Crippen MR) is 106 cm³/mol. The summed E-state index contributed by atoms with van der Waals surface area (Å²) in [6, 6.07) is 16.3. The lowest BCUT2D eigenvalue weighted by molar-refractivity contribution is -0.127. The molecule has 0 aromatic heterocycles. The maximum Gasteiger partial charge on any atom is 0.260 e. The summed E-state index contributed by atoms with van der Waals surface area (Å²) in [5.74, 6) is 0.797. The highest BCUT2D eigenvalue weighted by Crippen LogP contribution is 2.30. The van der Waals surface area contributed by atoms with Crippen LogP contribution in [0.4, 0.5) is 5.69 Å². The number of nitrogens with zero attached hydrogens (tertiary/aromatic N) is 1. The van der Waals surface area contributed by atoms with Crippen molar-refractivity contribution in [2.45, 2.75) is 38.7 Å². The summed E-state index contributed by atoms with van der Waals surface area (Å²) in [7, 11) is 2.03. The molecule has 0 unspecified atom stereocenters. The molecule has 4 heteroatoms. The minimum atomic E-state index is -0.495. The summed E-state index contributed by atoms with van der Waals surface area (Å²) in [6.45, 7) is 3.16. The van der Waals surface area contributed by atoms with Crippen LogP contribution in [0.5, 0.6) is 5.75 Å². The van der Waals surface area contributed by atoms with Crippen LogP contribution in [0.3, 0.4) is 0 Å². The number of para-hydroxylation sites is 1. The van der Waals surface area contributed by atoms with Gasteiger partial charge in [-0.2, -0.15) is 0 Å². The molecule has 0 spiro atoms. The molecule has 138 valence electrons. The van der Waals surface area contributed by atoms with Crippen molar-refractivity contribution in [3.63, 3.8) is 0 Å². The molecule has 4 nitrogen and oxygen atoms in total. The Balaban J connectivity index is 1.49. The SMILES string of the molecule is C[C@@H](Oc1cccc2c1CCCC2)C(=O)NCCN(C)c1ccccc1. The fraction of sp³-hybridized carbons (Fsp3) is 0.409. The van der Waals surface area contributed by atoms with E-state index in [0.29, 0.717) is 6.54 Å². The van der Waals surface area contributed by atoms with Crippen molar-refractivity contribution in [2.24, 2.45) is 0 Å². The minimum absolute atomic E-state index is 0.0696. The first-order valence-corrected chi connectivity index (χ1v) is 9.46. The zero-order chi connectivity index (χ0) is 18.4. The number of rotatable bonds is 7. The van der Waals surface area contributed by atoms with Gasteiger partial charge in [-0.05, 0) is 61.9 Å². The molecule has 0 heterocycles. The van der Waals surface area contributed by atoms with Gasteiger partial charge in [-0.1, -0.05) is 30.3 Å². The Hall–Kier alpha value is -2.49. The Kier molecular flexibility index (Phi) is 6.16. The van der Waals surface area contributed by atoms with E-state index in [1.807, 2.05) is 44.3 Å². The summed E-state index contributed by atoms with van der Waals surface area (Å²) < 4.78 is 5.99. The predicted octanol–water partition coefficient (Wildman–Crippen LogP) is 3.59. The van der Waals surface area contributed by atoms with Gasteiger partial charge < -0.3 is 15.0 Å². The van der Waals surface area contributed by atoms with Gasteiger partial charge in [0.05, 0.1) is 0 Å². The van der Waals surface area contributed by atoms with Gasteiger partial charge in [-0.25, -0.2) is 0 Å². The van der Waals surface area contributed by atoms with Gasteiger partial charge in [0, 0.05) is 25.8 Å². The molecule has 26 heavy (non-hydrogen) atoms. The number of carbonyl (C=O) groups is 1. The molecule has 1 N–H and O–H groups in total. The number of likely N-dealkylation sites (N-methyl/N-ethyl adjacent to an activating group) is 1. The summed E-state index contributed by atoms with van der Waals surface area (Å²) >= 11 is 0. The summed E-state index contributed by atoms with van der Waals surface area (Å²) in [5, 5.41) is 2.98. The van der Waals surface area contributed by atoms with Gasteiger partial charge in [-0.15, -0.1) is 0 Å². The van der Waals surface area contributed by atoms with E-state index in [1.54, 1.807) is 0 Å². The Labute approximate surface area is 156 Å². The Morgan fingerprint density at radius 3 is 2.69 bits per heavy atom. The van der Waals surface area contributed by atoms with E-state index in [4.69, 9.17) is 4.74 Å². The fourth-order valence-corrected chi connectivity index (χ4v) is 3.40. The van der Waals surface area contributed by atoms with Crippen LogP contribution in [-0.2, 0) is 17.6 Å². The molecule has 1 aliphatic carbocycles. The second-order valence-corrected chi connectivity index (χ2v) is 6.91. The van der Waals surface area contributed by atoms with E-state index in [9.17, 15) is 4.79 Å². The molecule has 1 amide bonds. The number of ether oxygens (including phenoxy) is 1. The highest BCUT2D eigenvalue weighted by Gasteiger charge is 2.19. The van der Waals surface area contributed by atoms with Gasteiger partial charge in [0.25, 0.3) is 5.91 Å². The van der Waals surface area contributed by atoms with E-state index >= 15 is 0 Å². The van der Waals surface area contributed by atoms with Gasteiger partial charge in [0.2, 0.25) is 0 Å². The van der Waals surface area contributed by atoms with Crippen molar-refractivity contribution in [1.29, 1.82) is 0 Å². The van der Waals surface area contributed by atoms with Crippen molar-refractivity contribution >= 4 is 11.6 Å². The zero-order valence-corrected chi connectivity index (χ0v) is 15.7. The fourth-order valence-electron chi connectivity index (χ4n) is 3.40. The normalized spacial score (nSPS) is 14.2. The molecule has 0 fully saturated rings. The molecule has 1 aliphatic rings. The number of fused-ring (bicyclic) bond motifs is 1. The molecule has 0 radical (unpaired) electrons. The van der Waals surface area contributed by atoms with Crippen LogP contribution in [0, 0.1) is 0 Å². The van der Waals surface area contributed by atoms with Crippen LogP contribution < -0.4 is 15.0 Å². The molecule has 0 bridgehead atoms. The average Bonchev–Trinajstić information content (AvgIpc) is 2.68. The largest absolute Gasteiger partial charge is 0.481 e. The first-order valence-electron chi connectivity index (χ1n) is 9.46. The quantitative estimate of drug-likeness (QED) is 0.828. The number of carbonyl (C=O) groups excluding carboxylic acids is 1. The Bertz CT molecular complexity index is 730. The lowest BCUT2D eigenvalue weighted by atomic mass is 9.91. The molecular formula is C22H28N2O2.